The van der Waals surface area contributed by atoms with Crippen LogP contribution in [0.15, 0.2) is 79.3 Å². The van der Waals surface area contributed by atoms with Gasteiger partial charge in [0, 0.05) is 37.2 Å². The van der Waals surface area contributed by atoms with Gasteiger partial charge < -0.3 is 16.4 Å². The van der Waals surface area contributed by atoms with E-state index >= 15 is 0 Å². The van der Waals surface area contributed by atoms with E-state index < -0.39 is 0 Å². The SMILES string of the molecule is NCc1cccc(CNC(=O)c2cc(-c3ccncc3)cnc2NCCc2cccc(F)c2)n1. The Morgan fingerprint density at radius 2 is 1.76 bits per heavy atom. The second-order valence-electron chi connectivity index (χ2n) is 7.67. The van der Waals surface area contributed by atoms with Crippen LogP contribution in [0, 0.1) is 5.82 Å². The largest absolute Gasteiger partial charge is 0.369 e. The number of amides is 1. The zero-order valence-corrected chi connectivity index (χ0v) is 18.5. The van der Waals surface area contributed by atoms with Gasteiger partial charge in [-0.25, -0.2) is 9.37 Å². The number of anilines is 1. The van der Waals surface area contributed by atoms with Crippen LogP contribution in [0.3, 0.4) is 0 Å². The molecule has 0 saturated heterocycles. The van der Waals surface area contributed by atoms with Crippen molar-refractivity contribution in [2.24, 2.45) is 5.73 Å². The van der Waals surface area contributed by atoms with Gasteiger partial charge in [0.15, 0.2) is 0 Å². The molecule has 4 N–H and O–H groups in total. The minimum Gasteiger partial charge on any atom is -0.369 e. The molecular formula is C26H25FN6O. The van der Waals surface area contributed by atoms with E-state index in [4.69, 9.17) is 5.73 Å². The molecule has 0 bridgehead atoms. The summed E-state index contributed by atoms with van der Waals surface area (Å²) in [5.74, 6) is -0.100. The zero-order valence-electron chi connectivity index (χ0n) is 18.5. The highest BCUT2D eigenvalue weighted by molar-refractivity contribution is 5.99. The smallest absolute Gasteiger partial charge is 0.255 e. The number of nitrogens with zero attached hydrogens (tertiary/aromatic N) is 3. The Labute approximate surface area is 197 Å². The molecule has 7 nitrogen and oxygen atoms in total. The number of carbonyl (C=O) groups is 1. The molecular weight excluding hydrogens is 431 g/mol. The lowest BCUT2D eigenvalue weighted by Crippen LogP contribution is -2.25. The monoisotopic (exact) mass is 456 g/mol. The van der Waals surface area contributed by atoms with Crippen LogP contribution in [0.1, 0.15) is 27.3 Å². The van der Waals surface area contributed by atoms with Crippen molar-refractivity contribution in [3.05, 3.63) is 108 Å². The van der Waals surface area contributed by atoms with E-state index in [0.29, 0.717) is 30.9 Å². The average Bonchev–Trinajstić information content (AvgIpc) is 2.88. The molecule has 1 amide bonds. The maximum atomic E-state index is 13.5. The lowest BCUT2D eigenvalue weighted by molar-refractivity contribution is 0.0951. The summed E-state index contributed by atoms with van der Waals surface area (Å²) in [7, 11) is 0. The first-order valence-electron chi connectivity index (χ1n) is 10.9. The number of hydrogen-bond donors (Lipinski definition) is 3. The van der Waals surface area contributed by atoms with E-state index in [1.54, 1.807) is 30.7 Å². The van der Waals surface area contributed by atoms with Gasteiger partial charge >= 0.3 is 0 Å². The van der Waals surface area contributed by atoms with Crippen molar-refractivity contribution >= 4 is 11.7 Å². The Bertz CT molecular complexity index is 1270. The number of aromatic nitrogens is 3. The Morgan fingerprint density at radius 1 is 0.971 bits per heavy atom. The van der Waals surface area contributed by atoms with Gasteiger partial charge in [0.2, 0.25) is 0 Å². The number of hydrogen-bond acceptors (Lipinski definition) is 6. The van der Waals surface area contributed by atoms with E-state index in [1.807, 2.05) is 36.4 Å². The molecule has 4 rings (SSSR count). The minimum absolute atomic E-state index is 0.259. The first kappa shape index (κ1) is 23.0. The highest BCUT2D eigenvalue weighted by Gasteiger charge is 2.15. The Hall–Kier alpha value is -4.17. The molecule has 8 heteroatoms. The van der Waals surface area contributed by atoms with Gasteiger partial charge in [-0.3, -0.25) is 14.8 Å². The molecule has 0 aliphatic rings. The molecule has 0 radical (unpaired) electrons. The lowest BCUT2D eigenvalue weighted by atomic mass is 10.1. The minimum atomic E-state index is -0.281. The van der Waals surface area contributed by atoms with Crippen molar-refractivity contribution in [3.63, 3.8) is 0 Å². The van der Waals surface area contributed by atoms with Gasteiger partial charge in [-0.05, 0) is 60.0 Å². The Kier molecular flexibility index (Phi) is 7.52. The van der Waals surface area contributed by atoms with Crippen LogP contribution in [-0.4, -0.2) is 27.4 Å². The first-order chi connectivity index (χ1) is 16.6. The second-order valence-corrected chi connectivity index (χ2v) is 7.67. The number of benzene rings is 1. The molecule has 3 heterocycles. The molecule has 0 unspecified atom stereocenters. The fourth-order valence-corrected chi connectivity index (χ4v) is 3.51. The van der Waals surface area contributed by atoms with Crippen LogP contribution >= 0.6 is 0 Å². The molecule has 34 heavy (non-hydrogen) atoms. The molecule has 0 fully saturated rings. The van der Waals surface area contributed by atoms with Crippen molar-refractivity contribution in [3.8, 4) is 11.1 Å². The second kappa shape index (κ2) is 11.1. The standard InChI is InChI=1S/C26H25FN6O/c27-21-4-1-3-18(13-21)7-12-30-25-24(14-20(16-31-25)19-8-10-29-11-9-19)26(34)32-17-23-6-2-5-22(15-28)33-23/h1-6,8-11,13-14,16H,7,12,15,17,28H2,(H,30,31)(H,32,34). The van der Waals surface area contributed by atoms with Crippen molar-refractivity contribution in [2.45, 2.75) is 19.5 Å². The molecule has 4 aromatic rings. The van der Waals surface area contributed by atoms with Crippen LogP contribution < -0.4 is 16.4 Å². The summed E-state index contributed by atoms with van der Waals surface area (Å²) in [6, 6.07) is 17.5. The third-order valence-electron chi connectivity index (χ3n) is 5.24. The molecule has 0 spiro atoms. The summed E-state index contributed by atoms with van der Waals surface area (Å²) in [6.07, 6.45) is 5.68. The zero-order chi connectivity index (χ0) is 23.8. The van der Waals surface area contributed by atoms with Gasteiger partial charge in [-0.2, -0.15) is 0 Å². The van der Waals surface area contributed by atoms with Gasteiger partial charge in [0.05, 0.1) is 23.5 Å². The Morgan fingerprint density at radius 3 is 2.56 bits per heavy atom. The fourth-order valence-electron chi connectivity index (χ4n) is 3.51. The third kappa shape index (κ3) is 5.99. The van der Waals surface area contributed by atoms with Crippen LogP contribution in [-0.2, 0) is 19.5 Å². The van der Waals surface area contributed by atoms with Crippen LogP contribution in [0.25, 0.3) is 11.1 Å². The molecule has 0 aliphatic carbocycles. The van der Waals surface area contributed by atoms with E-state index in [1.165, 1.54) is 12.1 Å². The summed E-state index contributed by atoms with van der Waals surface area (Å²) in [4.78, 5) is 26.1. The first-order valence-corrected chi connectivity index (χ1v) is 10.9. The number of rotatable bonds is 9. The summed E-state index contributed by atoms with van der Waals surface area (Å²) < 4.78 is 13.5. The summed E-state index contributed by atoms with van der Waals surface area (Å²) >= 11 is 0. The maximum Gasteiger partial charge on any atom is 0.255 e. The van der Waals surface area contributed by atoms with Crippen molar-refractivity contribution in [1.29, 1.82) is 0 Å². The predicted octanol–water partition coefficient (Wildman–Crippen LogP) is 3.72. The number of nitrogens with two attached hydrogens (primary N) is 1. The predicted molar refractivity (Wildman–Crippen MR) is 129 cm³/mol. The van der Waals surface area contributed by atoms with E-state index in [9.17, 15) is 9.18 Å². The van der Waals surface area contributed by atoms with E-state index in [-0.39, 0.29) is 18.3 Å². The van der Waals surface area contributed by atoms with Crippen LogP contribution in [0.4, 0.5) is 10.2 Å². The summed E-state index contributed by atoms with van der Waals surface area (Å²) in [5.41, 5.74) is 10.1. The maximum absolute atomic E-state index is 13.5. The molecule has 172 valence electrons. The van der Waals surface area contributed by atoms with E-state index in [0.717, 1.165) is 28.1 Å². The highest BCUT2D eigenvalue weighted by Crippen LogP contribution is 2.23. The number of pyridine rings is 3. The summed E-state index contributed by atoms with van der Waals surface area (Å²) in [6.45, 7) is 1.08. The molecule has 0 atom stereocenters. The topological polar surface area (TPSA) is 106 Å². The van der Waals surface area contributed by atoms with Crippen molar-refractivity contribution in [2.75, 3.05) is 11.9 Å². The van der Waals surface area contributed by atoms with Gasteiger partial charge in [-0.1, -0.05) is 18.2 Å². The van der Waals surface area contributed by atoms with Crippen LogP contribution in [0.5, 0.6) is 0 Å². The van der Waals surface area contributed by atoms with Crippen molar-refractivity contribution < 1.29 is 9.18 Å². The summed E-state index contributed by atoms with van der Waals surface area (Å²) in [5, 5.41) is 6.14. The average molecular weight is 457 g/mol. The molecule has 0 aliphatic heterocycles. The number of carbonyl (C=O) groups excluding carboxylic acids is 1. The molecule has 1 aromatic carbocycles. The molecule has 3 aromatic heterocycles. The molecule has 0 saturated carbocycles. The lowest BCUT2D eigenvalue weighted by Gasteiger charge is -2.13. The number of nitrogens with one attached hydrogen (secondary N) is 2. The van der Waals surface area contributed by atoms with Gasteiger partial charge in [-0.15, -0.1) is 0 Å². The van der Waals surface area contributed by atoms with Crippen LogP contribution in [0.2, 0.25) is 0 Å². The van der Waals surface area contributed by atoms with Crippen molar-refractivity contribution in [1.82, 2.24) is 20.3 Å². The third-order valence-corrected chi connectivity index (χ3v) is 5.24. The Balaban J connectivity index is 1.53. The normalized spacial score (nSPS) is 10.6. The quantitative estimate of drug-likeness (QED) is 0.355. The highest BCUT2D eigenvalue weighted by atomic mass is 19.1. The van der Waals surface area contributed by atoms with E-state index in [2.05, 4.69) is 25.6 Å². The number of halogens is 1. The van der Waals surface area contributed by atoms with Gasteiger partial charge in [0.1, 0.15) is 11.6 Å². The fraction of sp³-hybridized carbons (Fsp3) is 0.154. The van der Waals surface area contributed by atoms with Gasteiger partial charge in [0.25, 0.3) is 5.91 Å².